The number of benzene rings is 2. The average Bonchev–Trinajstić information content (AvgIpc) is 2.64. The molecule has 0 aliphatic heterocycles. The molecule has 2 aromatic rings. The summed E-state index contributed by atoms with van der Waals surface area (Å²) in [6, 6.07) is 8.48. The van der Waals surface area contributed by atoms with Gasteiger partial charge in [-0.15, -0.1) is 0 Å². The first-order chi connectivity index (χ1) is 12.3. The molecule has 0 heterocycles. The zero-order valence-corrected chi connectivity index (χ0v) is 15.2. The highest BCUT2D eigenvalue weighted by Crippen LogP contribution is 2.47. The second kappa shape index (κ2) is 6.96. The molecule has 1 aliphatic rings. The Morgan fingerprint density at radius 2 is 1.65 bits per heavy atom. The first kappa shape index (κ1) is 18.8. The third-order valence-corrected chi connectivity index (χ3v) is 7.65. The minimum Gasteiger partial charge on any atom is -0.469 e. The molecule has 0 amide bonds. The van der Waals surface area contributed by atoms with Crippen LogP contribution in [0.3, 0.4) is 0 Å². The quantitative estimate of drug-likeness (QED) is 0.578. The first-order valence-electron chi connectivity index (χ1n) is 7.98. The van der Waals surface area contributed by atoms with Crippen molar-refractivity contribution in [3.63, 3.8) is 0 Å². The fourth-order valence-corrected chi connectivity index (χ4v) is 5.68. The van der Waals surface area contributed by atoms with Crippen LogP contribution in [0, 0.1) is 11.6 Å². The van der Waals surface area contributed by atoms with E-state index in [1.165, 1.54) is 24.3 Å². The second-order valence-corrected chi connectivity index (χ2v) is 8.95. The van der Waals surface area contributed by atoms with E-state index in [1.54, 1.807) is 0 Å². The average molecular weight is 401 g/mol. The van der Waals surface area contributed by atoms with Crippen LogP contribution in [0.25, 0.3) is 0 Å². The highest BCUT2D eigenvalue weighted by Gasteiger charge is 2.49. The van der Waals surface area contributed by atoms with Gasteiger partial charge in [0.1, 0.15) is 22.1 Å². The third kappa shape index (κ3) is 3.10. The Hall–Kier alpha value is -1.99. The lowest BCUT2D eigenvalue weighted by atomic mass is 9.82. The lowest BCUT2D eigenvalue weighted by molar-refractivity contribution is 0.311. The van der Waals surface area contributed by atoms with Crippen LogP contribution in [0.15, 0.2) is 52.5 Å². The van der Waals surface area contributed by atoms with Crippen LogP contribution in [-0.2, 0) is 14.6 Å². The fraction of sp³-hybridized carbons (Fsp3) is 0.278. The van der Waals surface area contributed by atoms with Crippen molar-refractivity contribution in [1.82, 2.24) is 0 Å². The van der Waals surface area contributed by atoms with Crippen LogP contribution in [0.1, 0.15) is 31.2 Å². The zero-order valence-electron chi connectivity index (χ0n) is 13.7. The molecule has 3 rings (SSSR count). The Kier molecular flexibility index (Phi) is 5.03. The lowest BCUT2D eigenvalue weighted by Gasteiger charge is -2.37. The van der Waals surface area contributed by atoms with E-state index in [0.717, 1.165) is 18.2 Å². The van der Waals surface area contributed by atoms with E-state index in [0.29, 0.717) is 10.7 Å². The molecular weight excluding hydrogens is 384 g/mol. The molecule has 8 heteroatoms. The third-order valence-electron chi connectivity index (χ3n) is 4.85. The highest BCUT2D eigenvalue weighted by atomic mass is 35.5. The topological polar surface area (TPSA) is 69.4 Å². The molecule has 0 atom stereocenters. The monoisotopic (exact) mass is 400 g/mol. The Labute approximate surface area is 155 Å². The smallest absolute Gasteiger partial charge is 0.188 e. The number of hydrogen-bond acceptors (Lipinski definition) is 3. The largest absolute Gasteiger partial charge is 0.469 e. The molecule has 4 nitrogen and oxygen atoms in total. The number of rotatable bonds is 3. The molecule has 1 aliphatic carbocycles. The normalized spacial score (nSPS) is 20.8. The van der Waals surface area contributed by atoms with Crippen molar-refractivity contribution in [2.45, 2.75) is 35.3 Å². The standard InChI is InChI=1S/C18H16ClF2NO3S/c19-12-1-4-15(5-2-12)26(24,25)18(9-7-14(22-23)8-10-18)16-11-13(20)3-6-17(16)21/h1-6,11,23H,7-10H2/p+1. The van der Waals surface area contributed by atoms with Crippen molar-refractivity contribution in [3.8, 4) is 0 Å². The number of hydrogen-bond donors (Lipinski definition) is 0. The predicted octanol–water partition coefficient (Wildman–Crippen LogP) is 3.94. The summed E-state index contributed by atoms with van der Waals surface area (Å²) in [5.74, 6) is -1.47. The Morgan fingerprint density at radius 1 is 1.04 bits per heavy atom. The van der Waals surface area contributed by atoms with Crippen LogP contribution in [0.5, 0.6) is 0 Å². The second-order valence-electron chi connectivity index (χ2n) is 6.25. The zero-order chi connectivity index (χ0) is 18.9. The number of halogens is 3. The van der Waals surface area contributed by atoms with E-state index in [-0.39, 0.29) is 36.1 Å². The van der Waals surface area contributed by atoms with Gasteiger partial charge in [-0.3, -0.25) is 0 Å². The number of nitrogens with zero attached hydrogens (tertiary/aromatic N) is 1. The van der Waals surface area contributed by atoms with Crippen molar-refractivity contribution in [2.24, 2.45) is 5.16 Å². The van der Waals surface area contributed by atoms with Gasteiger partial charge in [-0.2, -0.15) is 0 Å². The van der Waals surface area contributed by atoms with E-state index in [1.807, 2.05) is 0 Å². The van der Waals surface area contributed by atoms with Crippen molar-refractivity contribution in [1.29, 1.82) is 0 Å². The fourth-order valence-electron chi connectivity index (χ4n) is 3.42. The maximum absolute atomic E-state index is 14.6. The van der Waals surface area contributed by atoms with Crippen molar-refractivity contribution in [3.05, 3.63) is 64.7 Å². The molecule has 0 saturated heterocycles. The van der Waals surface area contributed by atoms with Crippen molar-refractivity contribution in [2.75, 3.05) is 0 Å². The molecule has 1 fully saturated rings. The van der Waals surface area contributed by atoms with Crippen molar-refractivity contribution >= 4 is 27.1 Å². The van der Waals surface area contributed by atoms with Gasteiger partial charge in [0.15, 0.2) is 9.84 Å². The summed E-state index contributed by atoms with van der Waals surface area (Å²) in [4.78, 5) is -0.00294. The molecule has 0 spiro atoms. The van der Waals surface area contributed by atoms with Crippen molar-refractivity contribution < 1.29 is 22.4 Å². The van der Waals surface area contributed by atoms with Crippen LogP contribution < -0.4 is 0 Å². The van der Waals surface area contributed by atoms with Gasteiger partial charge in [0.25, 0.3) is 0 Å². The molecule has 26 heavy (non-hydrogen) atoms. The van der Waals surface area contributed by atoms with Gasteiger partial charge in [-0.05, 0) is 68.1 Å². The van der Waals surface area contributed by atoms with E-state index in [2.05, 4.69) is 5.16 Å². The van der Waals surface area contributed by atoms with Gasteiger partial charge in [-0.25, -0.2) is 17.2 Å². The molecule has 1 saturated carbocycles. The van der Waals surface area contributed by atoms with Gasteiger partial charge < -0.3 is 5.21 Å². The Bertz CT molecular complexity index is 949. The molecule has 0 unspecified atom stereocenters. The van der Waals surface area contributed by atoms with E-state index in [4.69, 9.17) is 16.8 Å². The molecule has 138 valence electrons. The van der Waals surface area contributed by atoms with Crippen LogP contribution in [0.4, 0.5) is 8.78 Å². The van der Waals surface area contributed by atoms with Gasteiger partial charge in [0, 0.05) is 15.7 Å². The van der Waals surface area contributed by atoms with Crippen LogP contribution in [0.2, 0.25) is 5.02 Å². The van der Waals surface area contributed by atoms with E-state index in [9.17, 15) is 17.2 Å². The Balaban J connectivity index is 2.21. The summed E-state index contributed by atoms with van der Waals surface area (Å²) < 4.78 is 53.7. The first-order valence-corrected chi connectivity index (χ1v) is 9.84. The van der Waals surface area contributed by atoms with Gasteiger partial charge in [0.05, 0.1) is 4.90 Å². The SMILES string of the molecule is O=S(=O)(c1ccc(Cl)cc1)C1(c2cc(F)ccc2F)CCC(=N[OH2+])CC1. The Morgan fingerprint density at radius 3 is 2.23 bits per heavy atom. The maximum Gasteiger partial charge on any atom is 0.188 e. The van der Waals surface area contributed by atoms with Gasteiger partial charge >= 0.3 is 0 Å². The summed E-state index contributed by atoms with van der Waals surface area (Å²) in [5, 5.41) is 10.9. The summed E-state index contributed by atoms with van der Waals surface area (Å²) >= 11 is 5.84. The van der Waals surface area contributed by atoms with Crippen LogP contribution in [-0.4, -0.2) is 19.3 Å². The van der Waals surface area contributed by atoms with Crippen LogP contribution >= 0.6 is 11.6 Å². The predicted molar refractivity (Wildman–Crippen MR) is 96.2 cm³/mol. The molecule has 2 aromatic carbocycles. The molecular formula is C18H17ClF2NO3S+. The summed E-state index contributed by atoms with van der Waals surface area (Å²) in [6.07, 6.45) is 0.505. The lowest BCUT2D eigenvalue weighted by Crippen LogP contribution is -2.40. The maximum atomic E-state index is 14.6. The summed E-state index contributed by atoms with van der Waals surface area (Å²) in [7, 11) is -4.05. The van der Waals surface area contributed by atoms with E-state index < -0.39 is 26.2 Å². The minimum atomic E-state index is -4.05. The molecule has 0 radical (unpaired) electrons. The number of sulfone groups is 1. The minimum absolute atomic E-state index is 0.00294. The summed E-state index contributed by atoms with van der Waals surface area (Å²) in [5.41, 5.74) is 0.361. The van der Waals surface area contributed by atoms with E-state index >= 15 is 0 Å². The van der Waals surface area contributed by atoms with Gasteiger partial charge in [-0.1, -0.05) is 11.6 Å². The molecule has 2 N–H and O–H groups in total. The van der Waals surface area contributed by atoms with Gasteiger partial charge in [0.2, 0.25) is 0 Å². The summed E-state index contributed by atoms with van der Waals surface area (Å²) in [6.45, 7) is 0. The highest BCUT2D eigenvalue weighted by molar-refractivity contribution is 7.92. The molecule has 0 aromatic heterocycles. The molecule has 0 bridgehead atoms.